The van der Waals surface area contributed by atoms with Crippen LogP contribution in [0.15, 0.2) is 0 Å². The average Bonchev–Trinajstić information content (AvgIpc) is 2.78. The number of quaternary nitrogens is 1. The Morgan fingerprint density at radius 3 is 1.58 bits per heavy atom. The molecular weight excluding hydrogens is 433 g/mol. The Morgan fingerprint density at radius 2 is 1.12 bits per heavy atom. The Kier molecular flexibility index (Phi) is 18.2. The molecule has 0 saturated carbocycles. The maximum Gasteiger partial charge on any atom is 0.472 e. The first-order chi connectivity index (χ1) is 15.9. The standard InChI is InChI=1S/C27H56NO4P/c1-4-5-6-7-8-9-10-11-12-13-14-15-16-17-18-19-25-31-33(29,30)32-26-24-28(3)22-20-27(2)21-23-28/h27H,4-26H2,1-3H3/p+1. The molecule has 1 N–H and O–H groups in total. The van der Waals surface area contributed by atoms with Crippen LogP contribution in [0, 0.1) is 5.92 Å². The van der Waals surface area contributed by atoms with E-state index in [2.05, 4.69) is 20.9 Å². The number of nitrogens with zero attached hydrogens (tertiary/aromatic N) is 1. The van der Waals surface area contributed by atoms with Gasteiger partial charge in [0.1, 0.15) is 13.2 Å². The second-order valence-electron chi connectivity index (χ2n) is 10.9. The van der Waals surface area contributed by atoms with Gasteiger partial charge in [-0.1, -0.05) is 110 Å². The van der Waals surface area contributed by atoms with Crippen LogP contribution in [-0.4, -0.2) is 49.3 Å². The van der Waals surface area contributed by atoms with Crippen molar-refractivity contribution in [2.24, 2.45) is 5.92 Å². The Labute approximate surface area is 206 Å². The molecule has 1 atom stereocenters. The van der Waals surface area contributed by atoms with E-state index in [4.69, 9.17) is 9.05 Å². The maximum atomic E-state index is 12.1. The SMILES string of the molecule is CCCCCCCCCCCCCCCCCCOP(=O)(O)OCC[N+]1(C)CCC(C)CC1. The molecule has 0 radical (unpaired) electrons. The summed E-state index contributed by atoms with van der Waals surface area (Å²) in [5, 5.41) is 0. The molecule has 0 aliphatic carbocycles. The molecule has 1 heterocycles. The predicted octanol–water partition coefficient (Wildman–Crippen LogP) is 8.26. The first kappa shape index (κ1) is 31.1. The molecule has 0 aromatic rings. The number of rotatable bonds is 22. The lowest BCUT2D eigenvalue weighted by Crippen LogP contribution is -2.51. The minimum atomic E-state index is -3.90. The van der Waals surface area contributed by atoms with E-state index in [-0.39, 0.29) is 6.61 Å². The molecule has 0 aromatic heterocycles. The third-order valence-electron chi connectivity index (χ3n) is 7.46. The molecule has 0 aromatic carbocycles. The molecule has 0 amide bonds. The molecule has 1 fully saturated rings. The summed E-state index contributed by atoms with van der Waals surface area (Å²) >= 11 is 0. The number of likely N-dealkylation sites (N-methyl/N-ethyl adjacent to an activating group) is 1. The number of phosphoric ester groups is 1. The summed E-state index contributed by atoms with van der Waals surface area (Å²) < 4.78 is 23.4. The molecule has 1 aliphatic rings. The van der Waals surface area contributed by atoms with Crippen LogP contribution in [0.2, 0.25) is 0 Å². The van der Waals surface area contributed by atoms with E-state index in [9.17, 15) is 9.46 Å². The van der Waals surface area contributed by atoms with Gasteiger partial charge in [-0.3, -0.25) is 9.05 Å². The fourth-order valence-corrected chi connectivity index (χ4v) is 5.53. The summed E-state index contributed by atoms with van der Waals surface area (Å²) in [5.74, 6) is 0.795. The summed E-state index contributed by atoms with van der Waals surface area (Å²) in [5.41, 5.74) is 0. The third kappa shape index (κ3) is 18.1. The average molecular weight is 491 g/mol. The fourth-order valence-electron chi connectivity index (χ4n) is 4.79. The predicted molar refractivity (Wildman–Crippen MR) is 140 cm³/mol. The molecule has 1 saturated heterocycles. The van der Waals surface area contributed by atoms with Crippen molar-refractivity contribution < 1.29 is 23.0 Å². The van der Waals surface area contributed by atoms with E-state index in [0.717, 1.165) is 42.9 Å². The quantitative estimate of drug-likeness (QED) is 0.0942. The zero-order valence-corrected chi connectivity index (χ0v) is 23.3. The van der Waals surface area contributed by atoms with Gasteiger partial charge in [-0.15, -0.1) is 0 Å². The third-order valence-corrected chi connectivity index (χ3v) is 8.48. The highest BCUT2D eigenvalue weighted by molar-refractivity contribution is 7.47. The zero-order chi connectivity index (χ0) is 24.3. The lowest BCUT2D eigenvalue weighted by atomic mass is 9.97. The summed E-state index contributed by atoms with van der Waals surface area (Å²) in [4.78, 5) is 9.90. The molecule has 1 unspecified atom stereocenters. The first-order valence-electron chi connectivity index (χ1n) is 14.3. The van der Waals surface area contributed by atoms with Gasteiger partial charge >= 0.3 is 7.82 Å². The Morgan fingerprint density at radius 1 is 0.727 bits per heavy atom. The van der Waals surface area contributed by atoms with Crippen LogP contribution in [-0.2, 0) is 13.6 Å². The lowest BCUT2D eigenvalue weighted by Gasteiger charge is -2.39. The second-order valence-corrected chi connectivity index (χ2v) is 12.4. The number of phosphoric acid groups is 1. The maximum absolute atomic E-state index is 12.1. The highest BCUT2D eigenvalue weighted by Gasteiger charge is 2.29. The van der Waals surface area contributed by atoms with Crippen molar-refractivity contribution in [3.8, 4) is 0 Å². The summed E-state index contributed by atoms with van der Waals surface area (Å²) in [6, 6.07) is 0. The van der Waals surface area contributed by atoms with Gasteiger partial charge < -0.3 is 9.38 Å². The second kappa shape index (κ2) is 19.3. The van der Waals surface area contributed by atoms with E-state index in [1.165, 1.54) is 103 Å². The largest absolute Gasteiger partial charge is 0.472 e. The van der Waals surface area contributed by atoms with E-state index in [0.29, 0.717) is 6.61 Å². The molecule has 198 valence electrons. The van der Waals surface area contributed by atoms with Crippen LogP contribution in [0.4, 0.5) is 0 Å². The van der Waals surface area contributed by atoms with Crippen LogP contribution in [0.1, 0.15) is 129 Å². The van der Waals surface area contributed by atoms with Crippen LogP contribution in [0.25, 0.3) is 0 Å². The van der Waals surface area contributed by atoms with Crippen molar-refractivity contribution >= 4 is 7.82 Å². The number of likely N-dealkylation sites (tertiary alicyclic amines) is 1. The number of piperidine rings is 1. The molecule has 1 rings (SSSR count). The van der Waals surface area contributed by atoms with Crippen LogP contribution < -0.4 is 0 Å². The molecule has 1 aliphatic heterocycles. The molecule has 0 spiro atoms. The van der Waals surface area contributed by atoms with Gasteiger partial charge in [0, 0.05) is 0 Å². The minimum Gasteiger partial charge on any atom is -0.324 e. The van der Waals surface area contributed by atoms with E-state index < -0.39 is 7.82 Å². The van der Waals surface area contributed by atoms with Gasteiger partial charge in [-0.05, 0) is 25.2 Å². The monoisotopic (exact) mass is 490 g/mol. The number of hydrogen-bond acceptors (Lipinski definition) is 3. The van der Waals surface area contributed by atoms with Crippen molar-refractivity contribution in [1.82, 2.24) is 0 Å². The Balaban J connectivity index is 1.84. The minimum absolute atomic E-state index is 0.289. The van der Waals surface area contributed by atoms with Crippen LogP contribution >= 0.6 is 7.82 Å². The van der Waals surface area contributed by atoms with Gasteiger partial charge in [0.15, 0.2) is 0 Å². The van der Waals surface area contributed by atoms with Gasteiger partial charge in [-0.2, -0.15) is 0 Å². The Hall–Kier alpha value is 0.0700. The van der Waals surface area contributed by atoms with Gasteiger partial charge in [-0.25, -0.2) is 4.57 Å². The highest BCUT2D eigenvalue weighted by Crippen LogP contribution is 2.43. The van der Waals surface area contributed by atoms with Gasteiger partial charge in [0.2, 0.25) is 0 Å². The highest BCUT2D eigenvalue weighted by atomic mass is 31.2. The normalized spacial score (nSPS) is 23.0. The Bertz CT molecular complexity index is 495. The van der Waals surface area contributed by atoms with Crippen molar-refractivity contribution in [3.63, 3.8) is 0 Å². The van der Waals surface area contributed by atoms with Crippen LogP contribution in [0.5, 0.6) is 0 Å². The van der Waals surface area contributed by atoms with Crippen molar-refractivity contribution in [2.75, 3.05) is 39.9 Å². The van der Waals surface area contributed by atoms with Crippen molar-refractivity contribution in [3.05, 3.63) is 0 Å². The fraction of sp³-hybridized carbons (Fsp3) is 1.00. The topological polar surface area (TPSA) is 55.8 Å². The first-order valence-corrected chi connectivity index (χ1v) is 15.8. The van der Waals surface area contributed by atoms with E-state index in [1.54, 1.807) is 0 Å². The van der Waals surface area contributed by atoms with Crippen molar-refractivity contribution in [2.45, 2.75) is 129 Å². The van der Waals surface area contributed by atoms with Crippen molar-refractivity contribution in [1.29, 1.82) is 0 Å². The molecule has 6 heteroatoms. The smallest absolute Gasteiger partial charge is 0.324 e. The molecule has 5 nitrogen and oxygen atoms in total. The zero-order valence-electron chi connectivity index (χ0n) is 22.4. The summed E-state index contributed by atoms with van der Waals surface area (Å²) in [6.45, 7) is 8.21. The number of unbranched alkanes of at least 4 members (excludes halogenated alkanes) is 15. The van der Waals surface area contributed by atoms with E-state index in [1.807, 2.05) is 0 Å². The van der Waals surface area contributed by atoms with E-state index >= 15 is 0 Å². The van der Waals surface area contributed by atoms with Crippen LogP contribution in [0.3, 0.4) is 0 Å². The summed E-state index contributed by atoms with van der Waals surface area (Å²) in [7, 11) is -1.68. The van der Waals surface area contributed by atoms with Gasteiger partial charge in [0.25, 0.3) is 0 Å². The molecule has 33 heavy (non-hydrogen) atoms. The molecule has 0 bridgehead atoms. The number of hydrogen-bond donors (Lipinski definition) is 1. The lowest BCUT2D eigenvalue weighted by molar-refractivity contribution is -0.915. The molecular formula is C27H57NO4P+. The van der Waals surface area contributed by atoms with Gasteiger partial charge in [0.05, 0.1) is 26.7 Å². The summed E-state index contributed by atoms with van der Waals surface area (Å²) in [6.07, 6.45) is 23.5.